The maximum atomic E-state index is 13.2. The Morgan fingerprint density at radius 2 is 2.19 bits per heavy atom. The van der Waals surface area contributed by atoms with Gasteiger partial charge in [-0.25, -0.2) is 14.8 Å². The van der Waals surface area contributed by atoms with E-state index >= 15 is 0 Å². The molecule has 0 N–H and O–H groups in total. The van der Waals surface area contributed by atoms with Gasteiger partial charge in [0.2, 0.25) is 0 Å². The first-order valence-corrected chi connectivity index (χ1v) is 4.36. The molecule has 0 radical (unpaired) electrons. The minimum Gasteiger partial charge on any atom is -0.461 e. The standard InChI is InChI=1S/C9H8F2N2O3/c1-2-16-8(15)9(10,11)7(14)6-3-4-12-5-13-6/h3-5H,2H2,1H3. The van der Waals surface area contributed by atoms with Crippen LogP contribution in [0.5, 0.6) is 0 Å². The first-order chi connectivity index (χ1) is 7.50. The monoisotopic (exact) mass is 230 g/mol. The smallest absolute Gasteiger partial charge is 0.405 e. The molecule has 0 saturated heterocycles. The second-order valence-electron chi connectivity index (χ2n) is 2.72. The fourth-order valence-corrected chi connectivity index (χ4v) is 0.900. The summed E-state index contributed by atoms with van der Waals surface area (Å²) in [5.74, 6) is -7.79. The molecule has 86 valence electrons. The molecule has 0 atom stereocenters. The minimum atomic E-state index is -4.22. The predicted molar refractivity (Wildman–Crippen MR) is 47.9 cm³/mol. The third kappa shape index (κ3) is 2.36. The van der Waals surface area contributed by atoms with Crippen LogP contribution in [-0.4, -0.2) is 34.2 Å². The Hall–Kier alpha value is -1.92. The van der Waals surface area contributed by atoms with Crippen molar-refractivity contribution in [2.75, 3.05) is 6.61 Å². The van der Waals surface area contributed by atoms with E-state index in [4.69, 9.17) is 0 Å². The lowest BCUT2D eigenvalue weighted by molar-refractivity contribution is -0.164. The van der Waals surface area contributed by atoms with Gasteiger partial charge in [-0.3, -0.25) is 4.79 Å². The number of carbonyl (C=O) groups is 2. The Labute approximate surface area is 89.5 Å². The van der Waals surface area contributed by atoms with E-state index in [1.807, 2.05) is 0 Å². The lowest BCUT2D eigenvalue weighted by Crippen LogP contribution is -2.39. The van der Waals surface area contributed by atoms with Crippen molar-refractivity contribution in [1.29, 1.82) is 0 Å². The summed E-state index contributed by atoms with van der Waals surface area (Å²) in [5.41, 5.74) is -0.534. The van der Waals surface area contributed by atoms with Crippen molar-refractivity contribution in [3.63, 3.8) is 0 Å². The normalized spacial score (nSPS) is 10.9. The number of hydrogen-bond donors (Lipinski definition) is 0. The van der Waals surface area contributed by atoms with Gasteiger partial charge in [-0.1, -0.05) is 0 Å². The van der Waals surface area contributed by atoms with Gasteiger partial charge in [-0.05, 0) is 13.0 Å². The molecule has 0 aliphatic rings. The second-order valence-corrected chi connectivity index (χ2v) is 2.72. The number of halogens is 2. The van der Waals surface area contributed by atoms with Crippen molar-refractivity contribution in [2.45, 2.75) is 12.8 Å². The van der Waals surface area contributed by atoms with Gasteiger partial charge in [-0.15, -0.1) is 0 Å². The maximum Gasteiger partial charge on any atom is 0.405 e. The van der Waals surface area contributed by atoms with Crippen LogP contribution in [0.4, 0.5) is 8.78 Å². The third-order valence-electron chi connectivity index (χ3n) is 1.63. The van der Waals surface area contributed by atoms with Crippen molar-refractivity contribution in [2.24, 2.45) is 0 Å². The third-order valence-corrected chi connectivity index (χ3v) is 1.63. The van der Waals surface area contributed by atoms with Crippen molar-refractivity contribution < 1.29 is 23.1 Å². The number of esters is 1. The van der Waals surface area contributed by atoms with Gasteiger partial charge >= 0.3 is 11.9 Å². The number of carbonyl (C=O) groups excluding carboxylic acids is 2. The van der Waals surface area contributed by atoms with E-state index in [1.165, 1.54) is 6.92 Å². The van der Waals surface area contributed by atoms with E-state index in [0.717, 1.165) is 18.6 Å². The highest BCUT2D eigenvalue weighted by Crippen LogP contribution is 2.20. The van der Waals surface area contributed by atoms with Gasteiger partial charge in [0.05, 0.1) is 6.61 Å². The average molecular weight is 230 g/mol. The summed E-state index contributed by atoms with van der Waals surface area (Å²) >= 11 is 0. The van der Waals surface area contributed by atoms with Crippen LogP contribution in [0.3, 0.4) is 0 Å². The molecular weight excluding hydrogens is 222 g/mol. The van der Waals surface area contributed by atoms with Crippen LogP contribution in [-0.2, 0) is 9.53 Å². The molecule has 0 aromatic carbocycles. The summed E-state index contributed by atoms with van der Waals surface area (Å²) in [6.07, 6.45) is 2.07. The van der Waals surface area contributed by atoms with Crippen LogP contribution >= 0.6 is 0 Å². The van der Waals surface area contributed by atoms with Crippen molar-refractivity contribution in [1.82, 2.24) is 9.97 Å². The molecule has 1 aromatic rings. The Morgan fingerprint density at radius 3 is 2.69 bits per heavy atom. The molecule has 0 amide bonds. The molecule has 0 spiro atoms. The van der Waals surface area contributed by atoms with Gasteiger partial charge in [0.25, 0.3) is 5.78 Å². The van der Waals surface area contributed by atoms with E-state index in [1.54, 1.807) is 0 Å². The van der Waals surface area contributed by atoms with Gasteiger partial charge < -0.3 is 4.74 Å². The van der Waals surface area contributed by atoms with Gasteiger partial charge in [0.1, 0.15) is 12.0 Å². The zero-order chi connectivity index (χ0) is 12.2. The van der Waals surface area contributed by atoms with E-state index in [-0.39, 0.29) is 6.61 Å². The fourth-order valence-electron chi connectivity index (χ4n) is 0.900. The predicted octanol–water partition coefficient (Wildman–Crippen LogP) is 0.858. The van der Waals surface area contributed by atoms with E-state index in [0.29, 0.717) is 0 Å². The van der Waals surface area contributed by atoms with Crippen molar-refractivity contribution in [3.8, 4) is 0 Å². The summed E-state index contributed by atoms with van der Waals surface area (Å²) in [6.45, 7) is 1.13. The molecule has 1 heterocycles. The summed E-state index contributed by atoms with van der Waals surface area (Å²) in [5, 5.41) is 0. The van der Waals surface area contributed by atoms with Crippen LogP contribution in [0, 0.1) is 0 Å². The number of Topliss-reactive ketones (excluding diaryl/α,β-unsaturated/α-hetero) is 1. The molecule has 0 fully saturated rings. The summed E-state index contributed by atoms with van der Waals surface area (Å²) in [4.78, 5) is 28.9. The Kier molecular flexibility index (Phi) is 3.60. The first kappa shape index (κ1) is 12.2. The molecule has 0 aliphatic carbocycles. The lowest BCUT2D eigenvalue weighted by atomic mass is 10.1. The lowest BCUT2D eigenvalue weighted by Gasteiger charge is -2.12. The van der Waals surface area contributed by atoms with Gasteiger partial charge in [0.15, 0.2) is 0 Å². The summed E-state index contributed by atoms with van der Waals surface area (Å²) in [6, 6.07) is 0.996. The fraction of sp³-hybridized carbons (Fsp3) is 0.333. The Morgan fingerprint density at radius 1 is 1.50 bits per heavy atom. The van der Waals surface area contributed by atoms with Gasteiger partial charge in [-0.2, -0.15) is 8.78 Å². The number of ketones is 1. The zero-order valence-corrected chi connectivity index (χ0v) is 8.31. The highest BCUT2D eigenvalue weighted by Gasteiger charge is 2.49. The molecule has 16 heavy (non-hydrogen) atoms. The molecule has 0 saturated carbocycles. The number of rotatable bonds is 4. The zero-order valence-electron chi connectivity index (χ0n) is 8.31. The first-order valence-electron chi connectivity index (χ1n) is 4.36. The quantitative estimate of drug-likeness (QED) is 0.436. The van der Waals surface area contributed by atoms with Crippen LogP contribution in [0.25, 0.3) is 0 Å². The Bertz CT molecular complexity index is 395. The number of hydrogen-bond acceptors (Lipinski definition) is 5. The molecular formula is C9H8F2N2O3. The number of ether oxygens (including phenoxy) is 1. The van der Waals surface area contributed by atoms with Crippen LogP contribution in [0.15, 0.2) is 18.6 Å². The average Bonchev–Trinajstić information content (AvgIpc) is 2.29. The van der Waals surface area contributed by atoms with Crippen molar-refractivity contribution >= 4 is 11.8 Å². The summed E-state index contributed by atoms with van der Waals surface area (Å²) in [7, 11) is 0. The largest absolute Gasteiger partial charge is 0.461 e. The number of aromatic nitrogens is 2. The van der Waals surface area contributed by atoms with E-state index < -0.39 is 23.4 Å². The highest BCUT2D eigenvalue weighted by atomic mass is 19.3. The number of alkyl halides is 2. The van der Waals surface area contributed by atoms with Crippen LogP contribution in [0.1, 0.15) is 17.4 Å². The molecule has 0 bridgehead atoms. The van der Waals surface area contributed by atoms with E-state index in [2.05, 4.69) is 14.7 Å². The minimum absolute atomic E-state index is 0.231. The molecule has 5 nitrogen and oxygen atoms in total. The molecule has 7 heteroatoms. The molecule has 1 aromatic heterocycles. The van der Waals surface area contributed by atoms with Gasteiger partial charge in [0, 0.05) is 6.20 Å². The number of nitrogens with zero attached hydrogens (tertiary/aromatic N) is 2. The van der Waals surface area contributed by atoms with Crippen molar-refractivity contribution in [3.05, 3.63) is 24.3 Å². The molecule has 1 rings (SSSR count). The van der Waals surface area contributed by atoms with Crippen LogP contribution < -0.4 is 0 Å². The second kappa shape index (κ2) is 4.73. The summed E-state index contributed by atoms with van der Waals surface area (Å²) < 4.78 is 30.5. The van der Waals surface area contributed by atoms with Crippen LogP contribution in [0.2, 0.25) is 0 Å². The SMILES string of the molecule is CCOC(=O)C(F)(F)C(=O)c1ccncn1. The topological polar surface area (TPSA) is 69.2 Å². The maximum absolute atomic E-state index is 13.2. The highest BCUT2D eigenvalue weighted by molar-refractivity contribution is 6.12. The Balaban J connectivity index is 2.92. The molecule has 0 unspecified atom stereocenters. The molecule has 0 aliphatic heterocycles. The van der Waals surface area contributed by atoms with E-state index in [9.17, 15) is 18.4 Å².